The first-order valence-electron chi connectivity index (χ1n) is 5.17. The normalized spacial score (nSPS) is 15.2. The van der Waals surface area contributed by atoms with Gasteiger partial charge in [-0.25, -0.2) is 0 Å². The fourth-order valence-electron chi connectivity index (χ4n) is 1.51. The van der Waals surface area contributed by atoms with Gasteiger partial charge in [0.2, 0.25) is 0 Å². The molecule has 2 atom stereocenters. The second-order valence-corrected chi connectivity index (χ2v) is 6.06. The Morgan fingerprint density at radius 3 is 2.73 bits per heavy atom. The molecule has 4 heteroatoms. The van der Waals surface area contributed by atoms with Crippen molar-refractivity contribution in [1.29, 1.82) is 0 Å². The third-order valence-corrected chi connectivity index (χ3v) is 4.10. The quantitative estimate of drug-likeness (QED) is 0.870. The molecule has 0 aliphatic heterocycles. The number of thiophene rings is 1. The third kappa shape index (κ3) is 4.23. The number of hydrogen-bond acceptors (Lipinski definition) is 3. The van der Waals surface area contributed by atoms with Crippen molar-refractivity contribution in [2.75, 3.05) is 13.7 Å². The molecule has 86 valence electrons. The predicted molar refractivity (Wildman–Crippen MR) is 69.7 cm³/mol. The largest absolute Gasteiger partial charge is 0.380 e. The van der Waals surface area contributed by atoms with Crippen molar-refractivity contribution >= 4 is 27.3 Å². The minimum Gasteiger partial charge on any atom is -0.380 e. The van der Waals surface area contributed by atoms with Gasteiger partial charge in [-0.3, -0.25) is 0 Å². The van der Waals surface area contributed by atoms with E-state index in [1.807, 2.05) is 0 Å². The Bertz CT molecular complexity index is 290. The Morgan fingerprint density at radius 1 is 1.53 bits per heavy atom. The smallest absolute Gasteiger partial charge is 0.0701 e. The van der Waals surface area contributed by atoms with Crippen LogP contribution in [0.15, 0.2) is 15.9 Å². The standard InChI is InChI=1S/C11H18BrNOS/c1-4-13-10(8(2)14-3)7-9-5-6-11(12)15-9/h5-6,8,10,13H,4,7H2,1-3H3. The van der Waals surface area contributed by atoms with E-state index in [0.717, 1.165) is 13.0 Å². The highest BCUT2D eigenvalue weighted by Crippen LogP contribution is 2.23. The summed E-state index contributed by atoms with van der Waals surface area (Å²) in [6.07, 6.45) is 1.27. The van der Waals surface area contributed by atoms with Crippen molar-refractivity contribution < 1.29 is 4.74 Å². The number of methoxy groups -OCH3 is 1. The molecule has 0 aliphatic rings. The molecule has 0 radical (unpaired) electrons. The van der Waals surface area contributed by atoms with Gasteiger partial charge in [0.1, 0.15) is 0 Å². The lowest BCUT2D eigenvalue weighted by Gasteiger charge is -2.23. The van der Waals surface area contributed by atoms with E-state index in [4.69, 9.17) is 4.74 Å². The fourth-order valence-corrected chi connectivity index (χ4v) is 3.05. The number of rotatable bonds is 6. The molecule has 2 unspecified atom stereocenters. The lowest BCUT2D eigenvalue weighted by Crippen LogP contribution is -2.40. The molecule has 0 spiro atoms. The van der Waals surface area contributed by atoms with Crippen LogP contribution in [0.1, 0.15) is 18.7 Å². The third-order valence-electron chi connectivity index (χ3n) is 2.45. The van der Waals surface area contributed by atoms with Crippen LogP contribution in [0.3, 0.4) is 0 Å². The van der Waals surface area contributed by atoms with Gasteiger partial charge < -0.3 is 10.1 Å². The summed E-state index contributed by atoms with van der Waals surface area (Å²) < 4.78 is 6.57. The fraction of sp³-hybridized carbons (Fsp3) is 0.636. The number of halogens is 1. The number of hydrogen-bond donors (Lipinski definition) is 1. The summed E-state index contributed by atoms with van der Waals surface area (Å²) in [6.45, 7) is 5.21. The van der Waals surface area contributed by atoms with E-state index in [0.29, 0.717) is 6.04 Å². The summed E-state index contributed by atoms with van der Waals surface area (Å²) >= 11 is 5.27. The SMILES string of the molecule is CCNC(Cc1ccc(Br)s1)C(C)OC. The van der Waals surface area contributed by atoms with Crippen molar-refractivity contribution in [2.24, 2.45) is 0 Å². The van der Waals surface area contributed by atoms with E-state index in [1.165, 1.54) is 8.66 Å². The van der Waals surface area contributed by atoms with Gasteiger partial charge in [0.05, 0.1) is 9.89 Å². The Kier molecular flexibility index (Phi) is 5.82. The van der Waals surface area contributed by atoms with Crippen LogP contribution in [-0.2, 0) is 11.2 Å². The van der Waals surface area contributed by atoms with Crippen molar-refractivity contribution in [3.05, 3.63) is 20.8 Å². The summed E-state index contributed by atoms with van der Waals surface area (Å²) in [6, 6.07) is 4.66. The molecule has 1 aromatic heterocycles. The van der Waals surface area contributed by atoms with Gasteiger partial charge in [-0.15, -0.1) is 11.3 Å². The van der Waals surface area contributed by atoms with Crippen LogP contribution in [0.25, 0.3) is 0 Å². The number of nitrogens with one attached hydrogen (secondary N) is 1. The minimum absolute atomic E-state index is 0.242. The molecule has 1 aromatic rings. The van der Waals surface area contributed by atoms with Crippen LogP contribution in [0.2, 0.25) is 0 Å². The molecule has 1 N–H and O–H groups in total. The van der Waals surface area contributed by atoms with Gasteiger partial charge in [-0.1, -0.05) is 6.92 Å². The molecule has 0 fully saturated rings. The molecule has 0 amide bonds. The van der Waals surface area contributed by atoms with Gasteiger partial charge in [-0.2, -0.15) is 0 Å². The molecule has 0 bridgehead atoms. The van der Waals surface area contributed by atoms with Crippen LogP contribution in [0.4, 0.5) is 0 Å². The molecule has 0 saturated carbocycles. The lowest BCUT2D eigenvalue weighted by molar-refractivity contribution is 0.0839. The number of likely N-dealkylation sites (N-methyl/N-ethyl adjacent to an activating group) is 1. The maximum Gasteiger partial charge on any atom is 0.0701 e. The molecule has 0 aliphatic carbocycles. The van der Waals surface area contributed by atoms with E-state index in [9.17, 15) is 0 Å². The summed E-state index contributed by atoms with van der Waals surface area (Å²) in [7, 11) is 1.76. The average molecular weight is 292 g/mol. The molecule has 0 aromatic carbocycles. The molecular weight excluding hydrogens is 274 g/mol. The Balaban J connectivity index is 2.57. The van der Waals surface area contributed by atoms with Crippen LogP contribution in [0, 0.1) is 0 Å². The lowest BCUT2D eigenvalue weighted by atomic mass is 10.1. The summed E-state index contributed by atoms with van der Waals surface area (Å²) in [5.74, 6) is 0. The van der Waals surface area contributed by atoms with E-state index in [1.54, 1.807) is 18.4 Å². The van der Waals surface area contributed by atoms with Gasteiger partial charge in [0.15, 0.2) is 0 Å². The molecule has 2 nitrogen and oxygen atoms in total. The zero-order valence-corrected chi connectivity index (χ0v) is 11.8. The van der Waals surface area contributed by atoms with Crippen LogP contribution in [-0.4, -0.2) is 25.8 Å². The average Bonchev–Trinajstić information content (AvgIpc) is 2.62. The summed E-state index contributed by atoms with van der Waals surface area (Å²) in [5.41, 5.74) is 0. The maximum atomic E-state index is 5.37. The molecule has 1 rings (SSSR count). The first kappa shape index (κ1) is 13.2. The highest BCUT2D eigenvalue weighted by Gasteiger charge is 2.16. The monoisotopic (exact) mass is 291 g/mol. The zero-order valence-electron chi connectivity index (χ0n) is 9.42. The topological polar surface area (TPSA) is 21.3 Å². The summed E-state index contributed by atoms with van der Waals surface area (Å²) in [5, 5.41) is 3.46. The van der Waals surface area contributed by atoms with Crippen LogP contribution in [0.5, 0.6) is 0 Å². The van der Waals surface area contributed by atoms with E-state index in [-0.39, 0.29) is 6.10 Å². The van der Waals surface area contributed by atoms with E-state index >= 15 is 0 Å². The van der Waals surface area contributed by atoms with Gasteiger partial charge in [-0.05, 0) is 48.0 Å². The van der Waals surface area contributed by atoms with E-state index < -0.39 is 0 Å². The Hall–Kier alpha value is 0.1000. The first-order chi connectivity index (χ1) is 7.17. The molecular formula is C11H18BrNOS. The van der Waals surface area contributed by atoms with Crippen LogP contribution >= 0.6 is 27.3 Å². The molecule has 15 heavy (non-hydrogen) atoms. The van der Waals surface area contributed by atoms with Crippen molar-refractivity contribution in [3.8, 4) is 0 Å². The minimum atomic E-state index is 0.242. The highest BCUT2D eigenvalue weighted by molar-refractivity contribution is 9.11. The van der Waals surface area contributed by atoms with Crippen molar-refractivity contribution in [3.63, 3.8) is 0 Å². The second-order valence-electron chi connectivity index (χ2n) is 3.51. The van der Waals surface area contributed by atoms with Crippen molar-refractivity contribution in [2.45, 2.75) is 32.4 Å². The Labute approximate surface area is 104 Å². The molecule has 1 heterocycles. The number of ether oxygens (including phenoxy) is 1. The van der Waals surface area contributed by atoms with Crippen LogP contribution < -0.4 is 5.32 Å². The second kappa shape index (κ2) is 6.63. The van der Waals surface area contributed by atoms with Crippen molar-refractivity contribution in [1.82, 2.24) is 5.32 Å². The first-order valence-corrected chi connectivity index (χ1v) is 6.78. The summed E-state index contributed by atoms with van der Waals surface area (Å²) in [4.78, 5) is 1.39. The molecule has 0 saturated heterocycles. The zero-order chi connectivity index (χ0) is 11.3. The van der Waals surface area contributed by atoms with Gasteiger partial charge in [0, 0.05) is 18.0 Å². The van der Waals surface area contributed by atoms with Gasteiger partial charge in [0.25, 0.3) is 0 Å². The van der Waals surface area contributed by atoms with E-state index in [2.05, 4.69) is 47.2 Å². The van der Waals surface area contributed by atoms with Gasteiger partial charge >= 0.3 is 0 Å². The maximum absolute atomic E-state index is 5.37. The predicted octanol–water partition coefficient (Wildman–Crippen LogP) is 3.07. The highest BCUT2D eigenvalue weighted by atomic mass is 79.9. The Morgan fingerprint density at radius 2 is 2.27 bits per heavy atom.